The van der Waals surface area contributed by atoms with Gasteiger partial charge in [-0.1, -0.05) is 28.3 Å². The van der Waals surface area contributed by atoms with Gasteiger partial charge in [0.15, 0.2) is 4.34 Å². The van der Waals surface area contributed by atoms with Crippen LogP contribution in [0.15, 0.2) is 27.1 Å². The zero-order chi connectivity index (χ0) is 17.6. The second-order valence-electron chi connectivity index (χ2n) is 4.77. The average molecular weight is 379 g/mol. The summed E-state index contributed by atoms with van der Waals surface area (Å²) in [6, 6.07) is 5.45. The molecule has 0 aliphatic heterocycles. The standard InChI is InChI=1S/C15H17N5O3S2/c1-4-16-14-18-19-15(25-14)24-8-12-17-13(20-23-12)10-6-5-9(21-2)7-11(10)22-3/h5-7H,4,8H2,1-3H3,(H,16,18). The van der Waals surface area contributed by atoms with E-state index in [0.29, 0.717) is 29.0 Å². The smallest absolute Gasteiger partial charge is 0.237 e. The molecular formula is C15H17N5O3S2. The average Bonchev–Trinajstić information content (AvgIpc) is 3.29. The first-order valence-electron chi connectivity index (χ1n) is 7.48. The lowest BCUT2D eigenvalue weighted by Crippen LogP contribution is -1.94. The first-order valence-corrected chi connectivity index (χ1v) is 9.28. The summed E-state index contributed by atoms with van der Waals surface area (Å²) >= 11 is 3.00. The first-order chi connectivity index (χ1) is 12.2. The van der Waals surface area contributed by atoms with Gasteiger partial charge in [-0.25, -0.2) is 0 Å². The van der Waals surface area contributed by atoms with Crippen LogP contribution in [0.5, 0.6) is 11.5 Å². The Kier molecular flexibility index (Phi) is 5.71. The number of methoxy groups -OCH3 is 2. The van der Waals surface area contributed by atoms with E-state index >= 15 is 0 Å². The zero-order valence-corrected chi connectivity index (χ0v) is 15.6. The van der Waals surface area contributed by atoms with Crippen molar-refractivity contribution in [3.8, 4) is 22.9 Å². The molecule has 0 atom stereocenters. The highest BCUT2D eigenvalue weighted by Crippen LogP contribution is 2.33. The van der Waals surface area contributed by atoms with Gasteiger partial charge in [-0.2, -0.15) is 4.98 Å². The third-order valence-corrected chi connectivity index (χ3v) is 5.17. The fraction of sp³-hybridized carbons (Fsp3) is 0.333. The minimum absolute atomic E-state index is 0.473. The van der Waals surface area contributed by atoms with Gasteiger partial charge in [-0.3, -0.25) is 0 Å². The molecule has 0 bridgehead atoms. The van der Waals surface area contributed by atoms with Gasteiger partial charge in [0.05, 0.1) is 25.5 Å². The molecule has 8 nitrogen and oxygen atoms in total. The van der Waals surface area contributed by atoms with E-state index in [1.165, 1.54) is 23.1 Å². The molecule has 3 aromatic rings. The normalized spacial score (nSPS) is 10.7. The lowest BCUT2D eigenvalue weighted by molar-refractivity contribution is 0.388. The molecule has 0 saturated heterocycles. The monoisotopic (exact) mass is 379 g/mol. The number of aromatic nitrogens is 4. The summed E-state index contributed by atoms with van der Waals surface area (Å²) in [5, 5.41) is 16.1. The van der Waals surface area contributed by atoms with E-state index in [9.17, 15) is 0 Å². The van der Waals surface area contributed by atoms with Crippen LogP contribution >= 0.6 is 23.1 Å². The maximum Gasteiger partial charge on any atom is 0.237 e. The van der Waals surface area contributed by atoms with Gasteiger partial charge in [0.1, 0.15) is 11.5 Å². The number of nitrogens with one attached hydrogen (secondary N) is 1. The van der Waals surface area contributed by atoms with Gasteiger partial charge in [0, 0.05) is 12.6 Å². The Balaban J connectivity index is 1.69. The van der Waals surface area contributed by atoms with E-state index in [1.54, 1.807) is 20.3 Å². The van der Waals surface area contributed by atoms with Crippen LogP contribution in [0, 0.1) is 0 Å². The number of rotatable bonds is 8. The van der Waals surface area contributed by atoms with Crippen LogP contribution in [0.3, 0.4) is 0 Å². The number of nitrogens with zero attached hydrogens (tertiary/aromatic N) is 4. The van der Waals surface area contributed by atoms with Crippen LogP contribution in [0.1, 0.15) is 12.8 Å². The van der Waals surface area contributed by atoms with Crippen LogP contribution in [-0.2, 0) is 5.75 Å². The van der Waals surface area contributed by atoms with E-state index in [1.807, 2.05) is 19.1 Å². The lowest BCUT2D eigenvalue weighted by Gasteiger charge is -2.07. The number of hydrogen-bond donors (Lipinski definition) is 1. The van der Waals surface area contributed by atoms with Crippen molar-refractivity contribution in [2.75, 3.05) is 26.1 Å². The van der Waals surface area contributed by atoms with Crippen molar-refractivity contribution in [2.45, 2.75) is 17.0 Å². The number of thioether (sulfide) groups is 1. The third kappa shape index (κ3) is 4.20. The highest BCUT2D eigenvalue weighted by Gasteiger charge is 2.15. The second-order valence-corrected chi connectivity index (χ2v) is 6.97. The van der Waals surface area contributed by atoms with Gasteiger partial charge in [0.25, 0.3) is 0 Å². The number of hydrogen-bond acceptors (Lipinski definition) is 10. The Morgan fingerprint density at radius 2 is 2.12 bits per heavy atom. The van der Waals surface area contributed by atoms with E-state index in [0.717, 1.165) is 21.6 Å². The van der Waals surface area contributed by atoms with E-state index in [2.05, 4.69) is 25.7 Å². The number of ether oxygens (including phenoxy) is 2. The summed E-state index contributed by atoms with van der Waals surface area (Å²) in [5.74, 6) is 2.83. The molecule has 0 aliphatic rings. The van der Waals surface area contributed by atoms with E-state index in [4.69, 9.17) is 14.0 Å². The molecule has 25 heavy (non-hydrogen) atoms. The molecular weight excluding hydrogens is 362 g/mol. The summed E-state index contributed by atoms with van der Waals surface area (Å²) < 4.78 is 16.7. The molecule has 0 fully saturated rings. The van der Waals surface area contributed by atoms with Crippen LogP contribution in [0.4, 0.5) is 5.13 Å². The Labute approximate surface area is 153 Å². The van der Waals surface area contributed by atoms with Gasteiger partial charge in [-0.15, -0.1) is 10.2 Å². The summed E-state index contributed by atoms with van der Waals surface area (Å²) in [5.41, 5.74) is 0.744. The minimum atomic E-state index is 0.473. The first kappa shape index (κ1) is 17.5. The van der Waals surface area contributed by atoms with E-state index < -0.39 is 0 Å². The van der Waals surface area contributed by atoms with Crippen LogP contribution in [0.2, 0.25) is 0 Å². The van der Waals surface area contributed by atoms with Crippen LogP contribution in [0.25, 0.3) is 11.4 Å². The van der Waals surface area contributed by atoms with Crippen molar-refractivity contribution in [2.24, 2.45) is 0 Å². The quantitative estimate of drug-likeness (QED) is 0.591. The predicted octanol–water partition coefficient (Wildman–Crippen LogP) is 3.33. The largest absolute Gasteiger partial charge is 0.497 e. The molecule has 0 aliphatic carbocycles. The maximum absolute atomic E-state index is 5.38. The van der Waals surface area contributed by atoms with Crippen molar-refractivity contribution in [1.29, 1.82) is 0 Å². The molecule has 0 unspecified atom stereocenters. The maximum atomic E-state index is 5.38. The molecule has 10 heteroatoms. The van der Waals surface area contributed by atoms with Gasteiger partial charge in [-0.05, 0) is 19.1 Å². The molecule has 0 radical (unpaired) electrons. The van der Waals surface area contributed by atoms with Crippen molar-refractivity contribution in [3.05, 3.63) is 24.1 Å². The SMILES string of the molecule is CCNc1nnc(SCc2nc(-c3ccc(OC)cc3OC)no2)s1. The van der Waals surface area contributed by atoms with Crippen molar-refractivity contribution in [1.82, 2.24) is 20.3 Å². The summed E-state index contributed by atoms with van der Waals surface area (Å²) in [6.07, 6.45) is 0. The lowest BCUT2D eigenvalue weighted by atomic mass is 10.2. The van der Waals surface area contributed by atoms with E-state index in [-0.39, 0.29) is 0 Å². The topological polar surface area (TPSA) is 95.2 Å². The highest BCUT2D eigenvalue weighted by atomic mass is 32.2. The second kappa shape index (κ2) is 8.17. The molecule has 1 aromatic carbocycles. The van der Waals surface area contributed by atoms with Crippen LogP contribution in [-0.4, -0.2) is 41.1 Å². The number of benzene rings is 1. The van der Waals surface area contributed by atoms with Crippen molar-refractivity contribution in [3.63, 3.8) is 0 Å². The molecule has 0 saturated carbocycles. The Hall–Kier alpha value is -2.33. The Morgan fingerprint density at radius 1 is 1.24 bits per heavy atom. The van der Waals surface area contributed by atoms with Gasteiger partial charge < -0.3 is 19.3 Å². The minimum Gasteiger partial charge on any atom is -0.497 e. The zero-order valence-electron chi connectivity index (χ0n) is 14.0. The predicted molar refractivity (Wildman–Crippen MR) is 96.5 cm³/mol. The summed E-state index contributed by atoms with van der Waals surface area (Å²) in [7, 11) is 3.19. The van der Waals surface area contributed by atoms with Gasteiger partial charge in [0.2, 0.25) is 16.8 Å². The molecule has 0 spiro atoms. The highest BCUT2D eigenvalue weighted by molar-refractivity contribution is 8.00. The Bertz CT molecular complexity index is 836. The van der Waals surface area contributed by atoms with Crippen molar-refractivity contribution < 1.29 is 14.0 Å². The fourth-order valence-electron chi connectivity index (χ4n) is 2.02. The molecule has 132 valence electrons. The summed E-state index contributed by atoms with van der Waals surface area (Å²) in [4.78, 5) is 4.42. The molecule has 2 heterocycles. The third-order valence-electron chi connectivity index (χ3n) is 3.17. The fourth-order valence-corrected chi connectivity index (χ4v) is 3.68. The molecule has 2 aromatic heterocycles. The number of anilines is 1. The molecule has 0 amide bonds. The Morgan fingerprint density at radius 3 is 2.88 bits per heavy atom. The van der Waals surface area contributed by atoms with Gasteiger partial charge >= 0.3 is 0 Å². The molecule has 1 N–H and O–H groups in total. The molecule has 3 rings (SSSR count). The summed E-state index contributed by atoms with van der Waals surface area (Å²) in [6.45, 7) is 2.83. The van der Waals surface area contributed by atoms with Crippen LogP contribution < -0.4 is 14.8 Å². The van der Waals surface area contributed by atoms with Crippen molar-refractivity contribution >= 4 is 28.2 Å².